The Labute approximate surface area is 181 Å². The summed E-state index contributed by atoms with van der Waals surface area (Å²) >= 11 is 9.44. The number of ketones is 1. The van der Waals surface area contributed by atoms with Crippen molar-refractivity contribution < 1.29 is 14.7 Å². The quantitative estimate of drug-likeness (QED) is 0.303. The third kappa shape index (κ3) is 3.59. The summed E-state index contributed by atoms with van der Waals surface area (Å²) in [6, 6.07) is 22.0. The Balaban J connectivity index is 1.96. The fourth-order valence-electron chi connectivity index (χ4n) is 3.44. The number of halogens is 2. The SMILES string of the molecule is O=C1C(=O)N(c2cccc(Br)c2)C(c2ccc(Cl)cc2)C1=C(O)c1ccccc1. The van der Waals surface area contributed by atoms with Gasteiger partial charge in [0.15, 0.2) is 0 Å². The van der Waals surface area contributed by atoms with Gasteiger partial charge < -0.3 is 5.11 Å². The highest BCUT2D eigenvalue weighted by Gasteiger charge is 2.46. The molecule has 1 atom stereocenters. The van der Waals surface area contributed by atoms with Crippen molar-refractivity contribution in [2.45, 2.75) is 6.04 Å². The van der Waals surface area contributed by atoms with Crippen LogP contribution in [0.25, 0.3) is 5.76 Å². The van der Waals surface area contributed by atoms with E-state index in [0.29, 0.717) is 21.8 Å². The number of anilines is 1. The predicted molar refractivity (Wildman–Crippen MR) is 117 cm³/mol. The van der Waals surface area contributed by atoms with E-state index in [2.05, 4.69) is 15.9 Å². The number of Topliss-reactive ketones (excluding diaryl/α,β-unsaturated/α-hetero) is 1. The summed E-state index contributed by atoms with van der Waals surface area (Å²) in [5, 5.41) is 11.5. The number of hydrogen-bond acceptors (Lipinski definition) is 3. The molecule has 1 amide bonds. The first kappa shape index (κ1) is 19.4. The van der Waals surface area contributed by atoms with Gasteiger partial charge in [0.25, 0.3) is 11.7 Å². The molecule has 0 aliphatic carbocycles. The predicted octanol–water partition coefficient (Wildman–Crippen LogP) is 5.73. The van der Waals surface area contributed by atoms with Crippen LogP contribution in [0.4, 0.5) is 5.69 Å². The van der Waals surface area contributed by atoms with E-state index in [0.717, 1.165) is 4.47 Å². The summed E-state index contributed by atoms with van der Waals surface area (Å²) in [6.07, 6.45) is 0. The van der Waals surface area contributed by atoms with Crippen molar-refractivity contribution in [3.05, 3.63) is 105 Å². The normalized spacial score (nSPS) is 18.3. The lowest BCUT2D eigenvalue weighted by atomic mass is 9.95. The highest BCUT2D eigenvalue weighted by Crippen LogP contribution is 2.42. The molecule has 0 bridgehead atoms. The molecule has 3 aromatic rings. The fraction of sp³-hybridized carbons (Fsp3) is 0.0435. The number of aliphatic hydroxyl groups is 1. The molecule has 29 heavy (non-hydrogen) atoms. The molecule has 0 radical (unpaired) electrons. The van der Waals surface area contributed by atoms with Gasteiger partial charge >= 0.3 is 0 Å². The van der Waals surface area contributed by atoms with Gasteiger partial charge in [0, 0.05) is 20.7 Å². The minimum Gasteiger partial charge on any atom is -0.507 e. The smallest absolute Gasteiger partial charge is 0.300 e. The standard InChI is InChI=1S/C23H15BrClNO3/c24-16-7-4-8-18(13-16)26-20(14-9-11-17(25)12-10-14)19(22(28)23(26)29)21(27)15-5-2-1-3-6-15/h1-13,20,27H. The second-order valence-electron chi connectivity index (χ2n) is 6.57. The van der Waals surface area contributed by atoms with E-state index in [4.69, 9.17) is 11.6 Å². The molecule has 3 aromatic carbocycles. The zero-order valence-electron chi connectivity index (χ0n) is 15.0. The molecule has 1 unspecified atom stereocenters. The van der Waals surface area contributed by atoms with E-state index >= 15 is 0 Å². The molecule has 1 N–H and O–H groups in total. The topological polar surface area (TPSA) is 57.6 Å². The van der Waals surface area contributed by atoms with Gasteiger partial charge in [-0.1, -0.05) is 76.1 Å². The molecule has 0 saturated carbocycles. The summed E-state index contributed by atoms with van der Waals surface area (Å²) < 4.78 is 0.773. The van der Waals surface area contributed by atoms with E-state index < -0.39 is 17.7 Å². The number of hydrogen-bond donors (Lipinski definition) is 1. The zero-order chi connectivity index (χ0) is 20.5. The van der Waals surface area contributed by atoms with Crippen LogP contribution in [0.3, 0.4) is 0 Å². The molecule has 0 spiro atoms. The third-order valence-corrected chi connectivity index (χ3v) is 5.51. The second-order valence-corrected chi connectivity index (χ2v) is 7.92. The van der Waals surface area contributed by atoms with Crippen LogP contribution in [0.5, 0.6) is 0 Å². The van der Waals surface area contributed by atoms with Crippen LogP contribution in [-0.4, -0.2) is 16.8 Å². The highest BCUT2D eigenvalue weighted by molar-refractivity contribution is 9.10. The minimum absolute atomic E-state index is 0.0449. The molecule has 1 heterocycles. The van der Waals surface area contributed by atoms with Crippen LogP contribution < -0.4 is 4.90 Å². The van der Waals surface area contributed by atoms with Gasteiger partial charge in [-0.15, -0.1) is 0 Å². The van der Waals surface area contributed by atoms with Crippen molar-refractivity contribution >= 4 is 50.7 Å². The molecular weight excluding hydrogens is 454 g/mol. The maximum atomic E-state index is 13.0. The lowest BCUT2D eigenvalue weighted by Crippen LogP contribution is -2.29. The van der Waals surface area contributed by atoms with E-state index in [1.54, 1.807) is 66.7 Å². The van der Waals surface area contributed by atoms with Gasteiger partial charge in [-0.05, 0) is 35.9 Å². The Morgan fingerprint density at radius 2 is 1.62 bits per heavy atom. The van der Waals surface area contributed by atoms with E-state index in [-0.39, 0.29) is 11.3 Å². The molecule has 1 aliphatic heterocycles. The van der Waals surface area contributed by atoms with Crippen LogP contribution in [-0.2, 0) is 9.59 Å². The van der Waals surface area contributed by atoms with Crippen molar-refractivity contribution in [3.63, 3.8) is 0 Å². The van der Waals surface area contributed by atoms with Gasteiger partial charge in [-0.2, -0.15) is 0 Å². The Kier molecular flexibility index (Phi) is 5.26. The average molecular weight is 469 g/mol. The van der Waals surface area contributed by atoms with E-state index in [9.17, 15) is 14.7 Å². The first-order chi connectivity index (χ1) is 14.0. The van der Waals surface area contributed by atoms with Gasteiger partial charge in [0.05, 0.1) is 11.6 Å². The molecule has 6 heteroatoms. The van der Waals surface area contributed by atoms with E-state index in [1.165, 1.54) is 4.90 Å². The second kappa shape index (κ2) is 7.85. The number of carbonyl (C=O) groups excluding carboxylic acids is 2. The van der Waals surface area contributed by atoms with Crippen molar-refractivity contribution in [2.75, 3.05) is 4.90 Å². The number of aliphatic hydroxyl groups excluding tert-OH is 1. The summed E-state index contributed by atoms with van der Waals surface area (Å²) in [4.78, 5) is 27.4. The average Bonchev–Trinajstić information content (AvgIpc) is 2.99. The van der Waals surface area contributed by atoms with Gasteiger partial charge in [0.1, 0.15) is 5.76 Å². The number of rotatable bonds is 3. The van der Waals surface area contributed by atoms with Crippen LogP contribution in [0.1, 0.15) is 17.2 Å². The molecule has 1 saturated heterocycles. The van der Waals surface area contributed by atoms with Gasteiger partial charge in [0.2, 0.25) is 0 Å². The lowest BCUT2D eigenvalue weighted by Gasteiger charge is -2.25. The van der Waals surface area contributed by atoms with Crippen molar-refractivity contribution in [2.24, 2.45) is 0 Å². The Bertz CT molecular complexity index is 1130. The third-order valence-electron chi connectivity index (χ3n) is 4.76. The van der Waals surface area contributed by atoms with Crippen LogP contribution in [0.2, 0.25) is 5.02 Å². The largest absolute Gasteiger partial charge is 0.507 e. The zero-order valence-corrected chi connectivity index (χ0v) is 17.4. The van der Waals surface area contributed by atoms with Crippen molar-refractivity contribution in [1.29, 1.82) is 0 Å². The summed E-state index contributed by atoms with van der Waals surface area (Å²) in [5.41, 5.74) is 1.74. The van der Waals surface area contributed by atoms with Gasteiger partial charge in [-0.3, -0.25) is 14.5 Å². The lowest BCUT2D eigenvalue weighted by molar-refractivity contribution is -0.132. The number of carbonyl (C=O) groups is 2. The summed E-state index contributed by atoms with van der Waals surface area (Å²) in [6.45, 7) is 0. The summed E-state index contributed by atoms with van der Waals surface area (Å²) in [7, 11) is 0. The van der Waals surface area contributed by atoms with E-state index in [1.807, 2.05) is 12.1 Å². The molecule has 1 fully saturated rings. The molecule has 4 nitrogen and oxygen atoms in total. The number of amides is 1. The first-order valence-electron chi connectivity index (χ1n) is 8.85. The maximum absolute atomic E-state index is 13.0. The molecular formula is C23H15BrClNO3. The molecule has 4 rings (SSSR count). The monoisotopic (exact) mass is 467 g/mol. The molecule has 144 valence electrons. The van der Waals surface area contributed by atoms with Gasteiger partial charge in [-0.25, -0.2) is 0 Å². The maximum Gasteiger partial charge on any atom is 0.300 e. The Morgan fingerprint density at radius 3 is 2.28 bits per heavy atom. The van der Waals surface area contributed by atoms with Crippen molar-refractivity contribution in [3.8, 4) is 0 Å². The summed E-state index contributed by atoms with van der Waals surface area (Å²) in [5.74, 6) is -1.63. The fourth-order valence-corrected chi connectivity index (χ4v) is 3.95. The molecule has 0 aromatic heterocycles. The number of benzene rings is 3. The Hall–Kier alpha value is -2.89. The van der Waals surface area contributed by atoms with Crippen molar-refractivity contribution in [1.82, 2.24) is 0 Å². The van der Waals surface area contributed by atoms with Crippen LogP contribution in [0, 0.1) is 0 Å². The number of nitrogens with zero attached hydrogens (tertiary/aromatic N) is 1. The van der Waals surface area contributed by atoms with Crippen LogP contribution in [0.15, 0.2) is 88.9 Å². The van der Waals surface area contributed by atoms with Crippen LogP contribution >= 0.6 is 27.5 Å². The highest BCUT2D eigenvalue weighted by atomic mass is 79.9. The minimum atomic E-state index is -0.776. The Morgan fingerprint density at radius 1 is 0.931 bits per heavy atom. The molecule has 1 aliphatic rings. The first-order valence-corrected chi connectivity index (χ1v) is 10.0.